The first-order valence-corrected chi connectivity index (χ1v) is 5.93. The molecule has 0 bridgehead atoms. The summed E-state index contributed by atoms with van der Waals surface area (Å²) in [6.45, 7) is 1.83. The number of hydrogen-bond acceptors (Lipinski definition) is 2. The number of alkyl halides is 3. The highest BCUT2D eigenvalue weighted by Gasteiger charge is 2.38. The van der Waals surface area contributed by atoms with Crippen LogP contribution in [-0.4, -0.2) is 14.5 Å². The summed E-state index contributed by atoms with van der Waals surface area (Å²) in [7, 11) is 0. The van der Waals surface area contributed by atoms with Crippen LogP contribution in [0.3, 0.4) is 0 Å². The van der Waals surface area contributed by atoms with Gasteiger partial charge in [-0.15, -0.1) is 0 Å². The Morgan fingerprint density at radius 3 is 2.65 bits per heavy atom. The minimum Gasteiger partial charge on any atom is -0.289 e. The van der Waals surface area contributed by atoms with Crippen molar-refractivity contribution in [3.8, 4) is 5.69 Å². The maximum atomic E-state index is 13.2. The topological polar surface area (TPSA) is 30.7 Å². The molecule has 0 N–H and O–H groups in total. The highest BCUT2D eigenvalue weighted by atomic mass is 19.4. The molecule has 3 rings (SSSR count). The molecule has 3 aromatic rings. The molecule has 0 aliphatic rings. The second-order valence-corrected chi connectivity index (χ2v) is 4.47. The number of aryl methyl sites for hydroxylation is 1. The van der Waals surface area contributed by atoms with Gasteiger partial charge in [0.05, 0.1) is 11.7 Å². The van der Waals surface area contributed by atoms with Crippen molar-refractivity contribution in [1.29, 1.82) is 0 Å². The molecule has 0 unspecified atom stereocenters. The van der Waals surface area contributed by atoms with Gasteiger partial charge in [-0.3, -0.25) is 9.55 Å². The molecule has 0 radical (unpaired) electrons. The first-order chi connectivity index (χ1) is 9.47. The van der Waals surface area contributed by atoms with E-state index in [-0.39, 0.29) is 5.52 Å². The van der Waals surface area contributed by atoms with E-state index >= 15 is 0 Å². The van der Waals surface area contributed by atoms with Gasteiger partial charge in [0.25, 0.3) is 0 Å². The molecule has 6 heteroatoms. The van der Waals surface area contributed by atoms with Gasteiger partial charge >= 0.3 is 6.18 Å². The predicted molar refractivity (Wildman–Crippen MR) is 68.6 cm³/mol. The normalized spacial score (nSPS) is 12.0. The molecule has 0 atom stereocenters. The van der Waals surface area contributed by atoms with Crippen LogP contribution in [0.1, 0.15) is 11.4 Å². The van der Waals surface area contributed by atoms with Crippen LogP contribution in [0.5, 0.6) is 0 Å². The van der Waals surface area contributed by atoms with Gasteiger partial charge in [0.1, 0.15) is 5.52 Å². The number of rotatable bonds is 1. The summed E-state index contributed by atoms with van der Waals surface area (Å²) >= 11 is 0. The lowest BCUT2D eigenvalue weighted by Gasteiger charge is -2.11. The molecule has 0 fully saturated rings. The van der Waals surface area contributed by atoms with E-state index in [1.165, 1.54) is 18.5 Å². The summed E-state index contributed by atoms with van der Waals surface area (Å²) in [6.07, 6.45) is -1.74. The SMILES string of the molecule is Cc1cccc(-n2c(C(F)(F)F)nc3cnccc32)c1. The maximum Gasteiger partial charge on any atom is 0.450 e. The minimum absolute atomic E-state index is 0.223. The number of fused-ring (bicyclic) bond motifs is 1. The largest absolute Gasteiger partial charge is 0.450 e. The van der Waals surface area contributed by atoms with E-state index in [0.717, 1.165) is 10.1 Å². The van der Waals surface area contributed by atoms with E-state index in [9.17, 15) is 13.2 Å². The highest BCUT2D eigenvalue weighted by molar-refractivity contribution is 5.77. The standard InChI is InChI=1S/C14H10F3N3/c1-9-3-2-4-10(7-9)20-12-5-6-18-8-11(12)19-13(20)14(15,16)17/h2-8H,1H3. The quantitative estimate of drug-likeness (QED) is 0.678. The van der Waals surface area contributed by atoms with Crippen molar-refractivity contribution >= 4 is 11.0 Å². The number of benzene rings is 1. The summed E-state index contributed by atoms with van der Waals surface area (Å²) in [5.41, 5.74) is 1.93. The van der Waals surface area contributed by atoms with Crippen LogP contribution in [0.2, 0.25) is 0 Å². The van der Waals surface area contributed by atoms with Crippen LogP contribution in [-0.2, 0) is 6.18 Å². The summed E-state index contributed by atoms with van der Waals surface area (Å²) < 4.78 is 40.6. The van der Waals surface area contributed by atoms with Gasteiger partial charge in [-0.05, 0) is 30.7 Å². The molecule has 0 aliphatic carbocycles. The van der Waals surface area contributed by atoms with Crippen molar-refractivity contribution in [1.82, 2.24) is 14.5 Å². The number of aromatic nitrogens is 3. The van der Waals surface area contributed by atoms with E-state index in [4.69, 9.17) is 0 Å². The Morgan fingerprint density at radius 1 is 1.15 bits per heavy atom. The third kappa shape index (κ3) is 2.03. The first kappa shape index (κ1) is 12.7. The van der Waals surface area contributed by atoms with Crippen LogP contribution in [0.25, 0.3) is 16.7 Å². The molecule has 20 heavy (non-hydrogen) atoms. The number of imidazole rings is 1. The van der Waals surface area contributed by atoms with Crippen LogP contribution >= 0.6 is 0 Å². The van der Waals surface area contributed by atoms with Gasteiger partial charge in [0.15, 0.2) is 0 Å². The van der Waals surface area contributed by atoms with Crippen LogP contribution in [0, 0.1) is 6.92 Å². The Bertz CT molecular complexity index is 775. The van der Waals surface area contributed by atoms with Crippen LogP contribution < -0.4 is 0 Å². The van der Waals surface area contributed by atoms with E-state index in [2.05, 4.69) is 9.97 Å². The van der Waals surface area contributed by atoms with Gasteiger partial charge < -0.3 is 0 Å². The van der Waals surface area contributed by atoms with E-state index in [0.29, 0.717) is 11.2 Å². The third-order valence-electron chi connectivity index (χ3n) is 2.97. The van der Waals surface area contributed by atoms with E-state index < -0.39 is 12.0 Å². The Hall–Kier alpha value is -2.37. The first-order valence-electron chi connectivity index (χ1n) is 5.93. The summed E-state index contributed by atoms with van der Waals surface area (Å²) in [5, 5.41) is 0. The number of nitrogens with zero attached hydrogens (tertiary/aromatic N) is 3. The van der Waals surface area contributed by atoms with Crippen molar-refractivity contribution in [2.45, 2.75) is 13.1 Å². The summed E-state index contributed by atoms with van der Waals surface area (Å²) in [6, 6.07) is 8.40. The average Bonchev–Trinajstić information content (AvgIpc) is 2.78. The zero-order valence-corrected chi connectivity index (χ0v) is 10.5. The molecule has 1 aromatic carbocycles. The molecule has 102 valence electrons. The monoisotopic (exact) mass is 277 g/mol. The van der Waals surface area contributed by atoms with Crippen molar-refractivity contribution in [3.05, 3.63) is 54.1 Å². The summed E-state index contributed by atoms with van der Waals surface area (Å²) in [5.74, 6) is -0.939. The molecule has 0 saturated carbocycles. The van der Waals surface area contributed by atoms with Crippen molar-refractivity contribution < 1.29 is 13.2 Å². The molecular weight excluding hydrogens is 267 g/mol. The summed E-state index contributed by atoms with van der Waals surface area (Å²) in [4.78, 5) is 7.48. The Kier molecular flexibility index (Phi) is 2.74. The van der Waals surface area contributed by atoms with Gasteiger partial charge in [-0.25, -0.2) is 4.98 Å². The maximum absolute atomic E-state index is 13.2. The van der Waals surface area contributed by atoms with E-state index in [1.807, 2.05) is 13.0 Å². The van der Waals surface area contributed by atoms with Gasteiger partial charge in [-0.1, -0.05) is 12.1 Å². The van der Waals surface area contributed by atoms with Gasteiger partial charge in [0.2, 0.25) is 5.82 Å². The third-order valence-corrected chi connectivity index (χ3v) is 2.97. The Morgan fingerprint density at radius 2 is 1.95 bits per heavy atom. The molecule has 2 aromatic heterocycles. The lowest BCUT2D eigenvalue weighted by atomic mass is 10.2. The Labute approximate surface area is 112 Å². The average molecular weight is 277 g/mol. The van der Waals surface area contributed by atoms with Crippen LogP contribution in [0.4, 0.5) is 13.2 Å². The molecule has 0 saturated heterocycles. The van der Waals surface area contributed by atoms with Gasteiger partial charge in [-0.2, -0.15) is 13.2 Å². The molecule has 0 spiro atoms. The molecule has 0 amide bonds. The van der Waals surface area contributed by atoms with E-state index in [1.54, 1.807) is 18.2 Å². The molecule has 3 nitrogen and oxygen atoms in total. The fourth-order valence-electron chi connectivity index (χ4n) is 2.15. The van der Waals surface area contributed by atoms with Gasteiger partial charge in [0, 0.05) is 11.9 Å². The Balaban J connectivity index is 2.37. The lowest BCUT2D eigenvalue weighted by Crippen LogP contribution is -2.13. The zero-order chi connectivity index (χ0) is 14.3. The number of pyridine rings is 1. The number of halogens is 3. The predicted octanol–water partition coefficient (Wildman–Crippen LogP) is 3.75. The van der Waals surface area contributed by atoms with Crippen LogP contribution in [0.15, 0.2) is 42.7 Å². The molecule has 0 aliphatic heterocycles. The fourth-order valence-corrected chi connectivity index (χ4v) is 2.15. The molecule has 2 heterocycles. The lowest BCUT2D eigenvalue weighted by molar-refractivity contribution is -0.145. The second-order valence-electron chi connectivity index (χ2n) is 4.47. The fraction of sp³-hybridized carbons (Fsp3) is 0.143. The zero-order valence-electron chi connectivity index (χ0n) is 10.5. The van der Waals surface area contributed by atoms with Crippen molar-refractivity contribution in [3.63, 3.8) is 0 Å². The molecular formula is C14H10F3N3. The van der Waals surface area contributed by atoms with Crippen molar-refractivity contribution in [2.24, 2.45) is 0 Å². The second kappa shape index (κ2) is 4.33. The smallest absolute Gasteiger partial charge is 0.289 e. The minimum atomic E-state index is -4.53. The highest BCUT2D eigenvalue weighted by Crippen LogP contribution is 2.33. The van der Waals surface area contributed by atoms with Crippen molar-refractivity contribution in [2.75, 3.05) is 0 Å². The number of hydrogen-bond donors (Lipinski definition) is 0.